The van der Waals surface area contributed by atoms with Crippen LogP contribution < -0.4 is 9.47 Å². The predicted octanol–water partition coefficient (Wildman–Crippen LogP) is 5.73. The van der Waals surface area contributed by atoms with Crippen LogP contribution in [0.2, 0.25) is 10.0 Å². The standard InChI is InChI=1S/C25H23Cl2N3O4/c1-13-22(24(31)29-8-7-15-9-20(32-3)21(33-4)10-16(15)12-29)25-30(28-13)23(14(2)34-25)18-6-5-17(26)11-19(18)27/h5-6,9-11H,7-8,12H2,1-4H3. The highest BCUT2D eigenvalue weighted by atomic mass is 35.5. The van der Waals surface area contributed by atoms with E-state index in [1.165, 1.54) is 0 Å². The molecule has 9 heteroatoms. The molecular weight excluding hydrogens is 477 g/mol. The second-order valence-electron chi connectivity index (χ2n) is 8.26. The molecule has 5 rings (SSSR count). The average Bonchev–Trinajstić information content (AvgIpc) is 3.29. The van der Waals surface area contributed by atoms with Crippen LogP contribution in [0.1, 0.15) is 32.9 Å². The summed E-state index contributed by atoms with van der Waals surface area (Å²) in [7, 11) is 3.22. The Labute approximate surface area is 206 Å². The van der Waals surface area contributed by atoms with Gasteiger partial charge in [-0.25, -0.2) is 0 Å². The van der Waals surface area contributed by atoms with Crippen molar-refractivity contribution >= 4 is 34.8 Å². The van der Waals surface area contributed by atoms with Crippen LogP contribution in [-0.2, 0) is 13.0 Å². The SMILES string of the molecule is COc1cc2c(cc1OC)CN(C(=O)c1c(C)nn3c(-c4ccc(Cl)cc4Cl)c(C)oc13)CC2. The number of oxazole rings is 1. The third-order valence-corrected chi connectivity index (χ3v) is 6.77. The number of fused-ring (bicyclic) bond motifs is 2. The number of halogens is 2. The summed E-state index contributed by atoms with van der Waals surface area (Å²) in [6.07, 6.45) is 0.716. The zero-order valence-electron chi connectivity index (χ0n) is 19.2. The molecule has 0 fully saturated rings. The number of rotatable bonds is 4. The number of carbonyl (C=O) groups excluding carboxylic acids is 1. The lowest BCUT2D eigenvalue weighted by Gasteiger charge is -2.29. The fourth-order valence-corrected chi connectivity index (χ4v) is 5.04. The Bertz CT molecular complexity index is 1440. The summed E-state index contributed by atoms with van der Waals surface area (Å²) in [5.74, 6) is 1.82. The normalized spacial score (nSPS) is 13.3. The molecule has 2 aromatic heterocycles. The molecule has 176 valence electrons. The first-order chi connectivity index (χ1) is 16.3. The van der Waals surface area contributed by atoms with Gasteiger partial charge in [0.1, 0.15) is 17.0 Å². The van der Waals surface area contributed by atoms with Gasteiger partial charge in [0.05, 0.1) is 24.9 Å². The molecule has 0 unspecified atom stereocenters. The van der Waals surface area contributed by atoms with Crippen LogP contribution in [0.4, 0.5) is 0 Å². The number of nitrogens with zero attached hydrogens (tertiary/aromatic N) is 3. The second kappa shape index (κ2) is 8.56. The first kappa shape index (κ1) is 22.6. The molecule has 0 atom stereocenters. The molecule has 3 heterocycles. The summed E-state index contributed by atoms with van der Waals surface area (Å²) in [5.41, 5.74) is 5.04. The van der Waals surface area contributed by atoms with E-state index in [2.05, 4.69) is 5.10 Å². The van der Waals surface area contributed by atoms with Crippen LogP contribution in [0.15, 0.2) is 34.7 Å². The van der Waals surface area contributed by atoms with Crippen molar-refractivity contribution in [2.24, 2.45) is 0 Å². The second-order valence-corrected chi connectivity index (χ2v) is 9.10. The molecule has 0 radical (unpaired) electrons. The van der Waals surface area contributed by atoms with Gasteiger partial charge in [-0.3, -0.25) is 4.79 Å². The van der Waals surface area contributed by atoms with E-state index in [4.69, 9.17) is 37.1 Å². The van der Waals surface area contributed by atoms with Crippen LogP contribution >= 0.6 is 23.2 Å². The summed E-state index contributed by atoms with van der Waals surface area (Å²) in [5, 5.41) is 5.65. The van der Waals surface area contributed by atoms with Crippen LogP contribution in [0, 0.1) is 13.8 Å². The fourth-order valence-electron chi connectivity index (χ4n) is 4.54. The highest BCUT2D eigenvalue weighted by Crippen LogP contribution is 2.37. The molecule has 1 aliphatic heterocycles. The number of amides is 1. The lowest BCUT2D eigenvalue weighted by molar-refractivity contribution is 0.0734. The number of benzene rings is 2. The molecule has 0 spiro atoms. The third-order valence-electron chi connectivity index (χ3n) is 6.22. The van der Waals surface area contributed by atoms with E-state index in [-0.39, 0.29) is 5.91 Å². The molecular formula is C25H23Cl2N3O4. The largest absolute Gasteiger partial charge is 0.493 e. The molecule has 7 nitrogen and oxygen atoms in total. The van der Waals surface area contributed by atoms with Crippen LogP contribution in [0.5, 0.6) is 11.5 Å². The molecule has 2 aromatic carbocycles. The molecule has 0 saturated heterocycles. The number of hydrogen-bond donors (Lipinski definition) is 0. The minimum Gasteiger partial charge on any atom is -0.493 e. The van der Waals surface area contributed by atoms with Crippen LogP contribution in [-0.4, -0.2) is 41.2 Å². The van der Waals surface area contributed by atoms with E-state index in [1.54, 1.807) is 30.9 Å². The van der Waals surface area contributed by atoms with Gasteiger partial charge in [-0.2, -0.15) is 9.61 Å². The minimum atomic E-state index is -0.129. The summed E-state index contributed by atoms with van der Waals surface area (Å²) in [6, 6.07) is 9.18. The lowest BCUT2D eigenvalue weighted by atomic mass is 9.98. The van der Waals surface area contributed by atoms with E-state index in [0.29, 0.717) is 69.5 Å². The van der Waals surface area contributed by atoms with Gasteiger partial charge < -0.3 is 18.8 Å². The highest BCUT2D eigenvalue weighted by molar-refractivity contribution is 6.36. The fraction of sp³-hybridized carbons (Fsp3) is 0.280. The number of aromatic nitrogens is 2. The van der Waals surface area contributed by atoms with Gasteiger partial charge in [0.25, 0.3) is 5.91 Å². The topological polar surface area (TPSA) is 69.2 Å². The molecule has 34 heavy (non-hydrogen) atoms. The Morgan fingerprint density at radius 3 is 2.44 bits per heavy atom. The van der Waals surface area contributed by atoms with Crippen LogP contribution in [0.25, 0.3) is 17.0 Å². The van der Waals surface area contributed by atoms with Crippen molar-refractivity contribution in [1.29, 1.82) is 0 Å². The zero-order valence-corrected chi connectivity index (χ0v) is 20.8. The predicted molar refractivity (Wildman–Crippen MR) is 130 cm³/mol. The molecule has 1 aliphatic rings. The third kappa shape index (κ3) is 3.60. The number of ether oxygens (including phenoxy) is 2. The van der Waals surface area contributed by atoms with Crippen molar-refractivity contribution in [3.05, 3.63) is 68.5 Å². The van der Waals surface area contributed by atoms with Gasteiger partial charge in [-0.15, -0.1) is 0 Å². The van der Waals surface area contributed by atoms with E-state index < -0.39 is 0 Å². The number of carbonyl (C=O) groups is 1. The maximum absolute atomic E-state index is 13.7. The first-order valence-corrected chi connectivity index (χ1v) is 11.5. The van der Waals surface area contributed by atoms with Gasteiger partial charge in [0.2, 0.25) is 5.71 Å². The van der Waals surface area contributed by atoms with Gasteiger partial charge in [0.15, 0.2) is 11.5 Å². The van der Waals surface area contributed by atoms with Crippen molar-refractivity contribution in [3.63, 3.8) is 0 Å². The smallest absolute Gasteiger partial charge is 0.261 e. The van der Waals surface area contributed by atoms with E-state index in [1.807, 2.05) is 36.9 Å². The summed E-state index contributed by atoms with van der Waals surface area (Å²) in [6.45, 7) is 4.67. The van der Waals surface area contributed by atoms with E-state index in [9.17, 15) is 4.79 Å². The van der Waals surface area contributed by atoms with Gasteiger partial charge in [-0.1, -0.05) is 23.2 Å². The Morgan fingerprint density at radius 1 is 1.06 bits per heavy atom. The van der Waals surface area contributed by atoms with E-state index >= 15 is 0 Å². The number of methoxy groups -OCH3 is 2. The molecule has 1 amide bonds. The van der Waals surface area contributed by atoms with Crippen molar-refractivity contribution < 1.29 is 18.7 Å². The molecule has 0 N–H and O–H groups in total. The molecule has 0 bridgehead atoms. The van der Waals surface area contributed by atoms with E-state index in [0.717, 1.165) is 16.7 Å². The summed E-state index contributed by atoms with van der Waals surface area (Å²) in [4.78, 5) is 15.5. The first-order valence-electron chi connectivity index (χ1n) is 10.8. The van der Waals surface area contributed by atoms with Gasteiger partial charge >= 0.3 is 0 Å². The van der Waals surface area contributed by atoms with Crippen molar-refractivity contribution in [2.45, 2.75) is 26.8 Å². The Kier molecular flexibility index (Phi) is 5.70. The van der Waals surface area contributed by atoms with Gasteiger partial charge in [-0.05, 0) is 61.7 Å². The maximum Gasteiger partial charge on any atom is 0.261 e. The summed E-state index contributed by atoms with van der Waals surface area (Å²) < 4.78 is 18.6. The zero-order chi connectivity index (χ0) is 24.1. The van der Waals surface area contributed by atoms with Crippen molar-refractivity contribution in [1.82, 2.24) is 14.5 Å². The molecule has 0 saturated carbocycles. The molecule has 0 aliphatic carbocycles. The quantitative estimate of drug-likeness (QED) is 0.358. The maximum atomic E-state index is 13.7. The lowest BCUT2D eigenvalue weighted by Crippen LogP contribution is -2.36. The van der Waals surface area contributed by atoms with Gasteiger partial charge in [0, 0.05) is 23.7 Å². The number of aryl methyl sites for hydroxylation is 2. The average molecular weight is 500 g/mol. The van der Waals surface area contributed by atoms with Crippen molar-refractivity contribution in [3.8, 4) is 22.8 Å². The highest BCUT2D eigenvalue weighted by Gasteiger charge is 2.30. The van der Waals surface area contributed by atoms with Crippen LogP contribution in [0.3, 0.4) is 0 Å². The Morgan fingerprint density at radius 2 is 1.76 bits per heavy atom. The molecule has 4 aromatic rings. The monoisotopic (exact) mass is 499 g/mol. The number of hydrogen-bond acceptors (Lipinski definition) is 5. The Hall–Kier alpha value is -3.16. The minimum absolute atomic E-state index is 0.129. The summed E-state index contributed by atoms with van der Waals surface area (Å²) >= 11 is 12.5. The van der Waals surface area contributed by atoms with Crippen molar-refractivity contribution in [2.75, 3.05) is 20.8 Å². The Balaban J connectivity index is 1.53.